The maximum absolute atomic E-state index is 13.5. The smallest absolute Gasteiger partial charge is 0.379 e. The van der Waals surface area contributed by atoms with Crippen LogP contribution in [0.2, 0.25) is 0 Å². The van der Waals surface area contributed by atoms with E-state index in [4.69, 9.17) is 4.74 Å². The zero-order chi connectivity index (χ0) is 23.2. The van der Waals surface area contributed by atoms with Crippen molar-refractivity contribution >= 4 is 22.4 Å². The average molecular weight is 461 g/mol. The quantitative estimate of drug-likeness (QED) is 0.506. The number of rotatable bonds is 6. The predicted octanol–water partition coefficient (Wildman–Crippen LogP) is 4.42. The van der Waals surface area contributed by atoms with Crippen LogP contribution in [0.25, 0.3) is 10.9 Å². The molecule has 3 atom stereocenters. The van der Waals surface area contributed by atoms with E-state index < -0.39 is 12.2 Å². The van der Waals surface area contributed by atoms with Crippen molar-refractivity contribution in [3.05, 3.63) is 52.4 Å². The second-order valence-electron chi connectivity index (χ2n) is 8.93. The number of fused-ring (bicyclic) bond motifs is 1. The van der Waals surface area contributed by atoms with E-state index in [0.29, 0.717) is 41.5 Å². The van der Waals surface area contributed by atoms with Gasteiger partial charge in [0.05, 0.1) is 18.2 Å². The topological polar surface area (TPSA) is 84.0 Å². The Morgan fingerprint density at radius 3 is 2.61 bits per heavy atom. The van der Waals surface area contributed by atoms with Crippen LogP contribution in [0.4, 0.5) is 24.7 Å². The second-order valence-corrected chi connectivity index (χ2v) is 8.93. The normalized spacial score (nSPS) is 22.4. The van der Waals surface area contributed by atoms with Crippen LogP contribution < -0.4 is 16.2 Å². The van der Waals surface area contributed by atoms with E-state index in [9.17, 15) is 18.0 Å². The van der Waals surface area contributed by atoms with Gasteiger partial charge in [-0.3, -0.25) is 14.8 Å². The Morgan fingerprint density at radius 2 is 1.94 bits per heavy atom. The Labute approximate surface area is 188 Å². The third-order valence-corrected chi connectivity index (χ3v) is 6.42. The van der Waals surface area contributed by atoms with E-state index in [1.165, 1.54) is 12.1 Å². The number of pyridine rings is 1. The van der Waals surface area contributed by atoms with E-state index in [-0.39, 0.29) is 23.2 Å². The van der Waals surface area contributed by atoms with Gasteiger partial charge in [-0.05, 0) is 48.9 Å². The summed E-state index contributed by atoms with van der Waals surface area (Å²) in [5.41, 5.74) is 1.11. The molecule has 10 heteroatoms. The highest BCUT2D eigenvalue weighted by atomic mass is 19.4. The number of aromatic nitrogens is 3. The third kappa shape index (κ3) is 4.49. The minimum atomic E-state index is -4.38. The van der Waals surface area contributed by atoms with E-state index in [1.807, 2.05) is 4.68 Å². The van der Waals surface area contributed by atoms with Gasteiger partial charge in [0.2, 0.25) is 0 Å². The molecule has 1 aliphatic carbocycles. The second kappa shape index (κ2) is 8.49. The first-order valence-corrected chi connectivity index (χ1v) is 11.2. The molecule has 1 aliphatic heterocycles. The molecule has 2 aromatic heterocycles. The number of anilines is 2. The number of hydrogen-bond acceptors (Lipinski definition) is 5. The molecule has 2 aliphatic rings. The van der Waals surface area contributed by atoms with Crippen LogP contribution in [0.3, 0.4) is 0 Å². The van der Waals surface area contributed by atoms with Crippen LogP contribution in [0.1, 0.15) is 43.8 Å². The first kappa shape index (κ1) is 22.0. The fraction of sp³-hybridized carbons (Fsp3) is 0.478. The fourth-order valence-corrected chi connectivity index (χ4v) is 4.34. The van der Waals surface area contributed by atoms with Crippen molar-refractivity contribution in [3.63, 3.8) is 0 Å². The number of ether oxygens (including phenoxy) is 1. The summed E-state index contributed by atoms with van der Waals surface area (Å²) in [6.45, 7) is 3.33. The van der Waals surface area contributed by atoms with Crippen LogP contribution in [0.5, 0.6) is 0 Å². The summed E-state index contributed by atoms with van der Waals surface area (Å²) in [6.07, 6.45) is -0.366. The highest BCUT2D eigenvalue weighted by Crippen LogP contribution is 2.37. The van der Waals surface area contributed by atoms with E-state index in [2.05, 4.69) is 27.6 Å². The molecule has 0 spiro atoms. The van der Waals surface area contributed by atoms with Crippen molar-refractivity contribution < 1.29 is 17.9 Å². The first-order chi connectivity index (χ1) is 15.8. The van der Waals surface area contributed by atoms with Gasteiger partial charge in [0.15, 0.2) is 5.82 Å². The van der Waals surface area contributed by atoms with Crippen molar-refractivity contribution in [2.24, 2.45) is 5.92 Å². The Balaban J connectivity index is 1.45. The zero-order valence-electron chi connectivity index (χ0n) is 18.2. The molecule has 1 unspecified atom stereocenters. The maximum Gasteiger partial charge on any atom is 0.407 e. The SMILES string of the molecule is C[C@H]1CCOC[C@@H]1n1nc(Nc2ccc(C(NC3CC3)C(F)(F)F)cc2)c2c(=O)[nH]ccc21. The standard InChI is InChI=1S/C23H26F3N5O2/c1-13-9-11-33-12-18(13)31-17-8-10-27-22(32)19(17)21(30-31)29-16-4-2-14(3-5-16)20(23(24,25)26)28-15-6-7-15/h2-5,8,10,13,15,18,20,28H,6-7,9,11-12H2,1H3,(H,27,32)(H,29,30)/t13-,18-,20?/m0/s1. The van der Waals surface area contributed by atoms with Crippen LogP contribution in [0, 0.1) is 5.92 Å². The lowest BCUT2D eigenvalue weighted by Crippen LogP contribution is -2.35. The lowest BCUT2D eigenvalue weighted by molar-refractivity contribution is -0.158. The van der Waals surface area contributed by atoms with Crippen molar-refractivity contribution in [1.29, 1.82) is 0 Å². The summed E-state index contributed by atoms with van der Waals surface area (Å²) >= 11 is 0. The minimum absolute atomic E-state index is 0.0120. The third-order valence-electron chi connectivity index (χ3n) is 6.42. The highest BCUT2D eigenvalue weighted by Gasteiger charge is 2.43. The molecule has 0 bridgehead atoms. The predicted molar refractivity (Wildman–Crippen MR) is 119 cm³/mol. The molecule has 7 nitrogen and oxygen atoms in total. The minimum Gasteiger partial charge on any atom is -0.379 e. The molecule has 176 valence electrons. The molecule has 1 aromatic carbocycles. The van der Waals surface area contributed by atoms with Gasteiger partial charge in [-0.25, -0.2) is 0 Å². The molecule has 1 saturated carbocycles. The van der Waals surface area contributed by atoms with Crippen LogP contribution in [0.15, 0.2) is 41.3 Å². The Kier molecular flexibility index (Phi) is 5.65. The molecule has 5 rings (SSSR count). The van der Waals surface area contributed by atoms with Gasteiger partial charge in [0, 0.05) is 24.5 Å². The average Bonchev–Trinajstić information content (AvgIpc) is 3.53. The molecule has 1 saturated heterocycles. The lowest BCUT2D eigenvalue weighted by Gasteiger charge is -2.29. The van der Waals surface area contributed by atoms with Gasteiger partial charge in [-0.1, -0.05) is 19.1 Å². The first-order valence-electron chi connectivity index (χ1n) is 11.2. The van der Waals surface area contributed by atoms with Crippen LogP contribution >= 0.6 is 0 Å². The molecule has 33 heavy (non-hydrogen) atoms. The van der Waals surface area contributed by atoms with E-state index in [1.54, 1.807) is 24.4 Å². The van der Waals surface area contributed by atoms with Crippen molar-refractivity contribution in [1.82, 2.24) is 20.1 Å². The molecular weight excluding hydrogens is 435 g/mol. The maximum atomic E-state index is 13.5. The monoisotopic (exact) mass is 461 g/mol. The molecular formula is C23H26F3N5O2. The largest absolute Gasteiger partial charge is 0.407 e. The van der Waals surface area contributed by atoms with Crippen molar-refractivity contribution in [2.45, 2.75) is 50.5 Å². The summed E-state index contributed by atoms with van der Waals surface area (Å²) in [5.74, 6) is 0.687. The summed E-state index contributed by atoms with van der Waals surface area (Å²) in [4.78, 5) is 15.3. The number of alkyl halides is 3. The summed E-state index contributed by atoms with van der Waals surface area (Å²) in [5, 5.41) is 10.9. The van der Waals surface area contributed by atoms with Gasteiger partial charge in [0.1, 0.15) is 11.4 Å². The van der Waals surface area contributed by atoms with Crippen LogP contribution in [-0.2, 0) is 4.74 Å². The van der Waals surface area contributed by atoms with Crippen molar-refractivity contribution in [2.75, 3.05) is 18.5 Å². The van der Waals surface area contributed by atoms with Crippen molar-refractivity contribution in [3.8, 4) is 0 Å². The van der Waals surface area contributed by atoms with Gasteiger partial charge < -0.3 is 15.0 Å². The zero-order valence-corrected chi connectivity index (χ0v) is 18.2. The summed E-state index contributed by atoms with van der Waals surface area (Å²) in [7, 11) is 0. The molecule has 2 fully saturated rings. The molecule has 3 heterocycles. The molecule has 0 radical (unpaired) electrons. The fourth-order valence-electron chi connectivity index (χ4n) is 4.34. The number of aromatic amines is 1. The van der Waals surface area contributed by atoms with Crippen LogP contribution in [-0.4, -0.2) is 40.2 Å². The molecule has 3 aromatic rings. The highest BCUT2D eigenvalue weighted by molar-refractivity contribution is 5.91. The lowest BCUT2D eigenvalue weighted by atomic mass is 9.97. The van der Waals surface area contributed by atoms with Gasteiger partial charge in [0.25, 0.3) is 5.56 Å². The molecule has 0 amide bonds. The number of H-pyrrole nitrogens is 1. The number of hydrogen-bond donors (Lipinski definition) is 3. The summed E-state index contributed by atoms with van der Waals surface area (Å²) in [6, 6.07) is 6.08. The van der Waals surface area contributed by atoms with Gasteiger partial charge in [-0.15, -0.1) is 0 Å². The number of halogens is 3. The number of nitrogens with one attached hydrogen (secondary N) is 3. The van der Waals surface area contributed by atoms with E-state index in [0.717, 1.165) is 19.3 Å². The van der Waals surface area contributed by atoms with Gasteiger partial charge >= 0.3 is 6.18 Å². The Morgan fingerprint density at radius 1 is 1.18 bits per heavy atom. The Hall–Kier alpha value is -2.85. The molecule has 3 N–H and O–H groups in total. The number of nitrogens with zero attached hydrogens (tertiary/aromatic N) is 2. The Bertz CT molecular complexity index is 1180. The van der Waals surface area contributed by atoms with Gasteiger partial charge in [-0.2, -0.15) is 18.3 Å². The van der Waals surface area contributed by atoms with E-state index >= 15 is 0 Å². The summed E-state index contributed by atoms with van der Waals surface area (Å²) < 4.78 is 48.1. The number of benzene rings is 1.